The zero-order valence-electron chi connectivity index (χ0n) is 14.8. The third-order valence-corrected chi connectivity index (χ3v) is 4.52. The first kappa shape index (κ1) is 17.6. The maximum atomic E-state index is 9.49. The highest BCUT2D eigenvalue weighted by Crippen LogP contribution is 2.26. The minimum absolute atomic E-state index is 0.161. The number of ether oxygens (including phenoxy) is 1. The number of hydrogen-bond donors (Lipinski definition) is 1. The van der Waals surface area contributed by atoms with Crippen LogP contribution in [-0.2, 0) is 6.54 Å². The SMILES string of the molecule is COc1nccnc1N1CCN(Cc2cccc(C)n2)C(CCO)C1. The molecule has 7 heteroatoms. The van der Waals surface area contributed by atoms with Crippen LogP contribution in [0, 0.1) is 6.92 Å². The summed E-state index contributed by atoms with van der Waals surface area (Å²) >= 11 is 0. The van der Waals surface area contributed by atoms with E-state index in [9.17, 15) is 5.11 Å². The fourth-order valence-electron chi connectivity index (χ4n) is 3.29. The van der Waals surface area contributed by atoms with E-state index < -0.39 is 0 Å². The summed E-state index contributed by atoms with van der Waals surface area (Å²) in [7, 11) is 1.61. The Morgan fingerprint density at radius 1 is 1.24 bits per heavy atom. The van der Waals surface area contributed by atoms with Crippen LogP contribution in [0.25, 0.3) is 0 Å². The molecule has 3 heterocycles. The fourth-order valence-corrected chi connectivity index (χ4v) is 3.29. The Hall–Kier alpha value is -2.25. The molecule has 2 aromatic rings. The van der Waals surface area contributed by atoms with Gasteiger partial charge in [0.15, 0.2) is 5.82 Å². The maximum absolute atomic E-state index is 9.49. The van der Waals surface area contributed by atoms with Crippen molar-refractivity contribution >= 4 is 5.82 Å². The first-order valence-electron chi connectivity index (χ1n) is 8.58. The lowest BCUT2D eigenvalue weighted by atomic mass is 10.1. The minimum atomic E-state index is 0.161. The average molecular weight is 343 g/mol. The summed E-state index contributed by atoms with van der Waals surface area (Å²) in [6.45, 7) is 5.45. The number of anilines is 1. The van der Waals surface area contributed by atoms with Crippen LogP contribution in [0.2, 0.25) is 0 Å². The van der Waals surface area contributed by atoms with Crippen LogP contribution < -0.4 is 9.64 Å². The Morgan fingerprint density at radius 3 is 2.84 bits per heavy atom. The Morgan fingerprint density at radius 2 is 2.08 bits per heavy atom. The van der Waals surface area contributed by atoms with Gasteiger partial charge in [-0.15, -0.1) is 0 Å². The molecule has 1 aliphatic rings. The standard InChI is InChI=1S/C18H25N5O2/c1-14-4-3-5-15(21-14)12-22-9-10-23(13-16(22)6-11-24)17-18(25-2)20-8-7-19-17/h3-5,7-8,16,24H,6,9-13H2,1-2H3. The number of pyridine rings is 1. The summed E-state index contributed by atoms with van der Waals surface area (Å²) in [6.07, 6.45) is 4.03. The Balaban J connectivity index is 1.74. The quantitative estimate of drug-likeness (QED) is 0.846. The lowest BCUT2D eigenvalue weighted by Crippen LogP contribution is -2.53. The number of rotatable bonds is 6. The predicted octanol–water partition coefficient (Wildman–Crippen LogP) is 1.26. The van der Waals surface area contributed by atoms with E-state index in [1.807, 2.05) is 19.1 Å². The van der Waals surface area contributed by atoms with Crippen molar-refractivity contribution in [1.82, 2.24) is 19.9 Å². The van der Waals surface area contributed by atoms with Crippen LogP contribution >= 0.6 is 0 Å². The van der Waals surface area contributed by atoms with Gasteiger partial charge >= 0.3 is 0 Å². The molecule has 3 rings (SSSR count). The van der Waals surface area contributed by atoms with E-state index in [4.69, 9.17) is 4.74 Å². The van der Waals surface area contributed by atoms with Crippen molar-refractivity contribution in [3.63, 3.8) is 0 Å². The lowest BCUT2D eigenvalue weighted by molar-refractivity contribution is 0.133. The molecule has 1 N–H and O–H groups in total. The molecular formula is C18H25N5O2. The van der Waals surface area contributed by atoms with Gasteiger partial charge in [-0.25, -0.2) is 9.97 Å². The third-order valence-electron chi connectivity index (χ3n) is 4.52. The Kier molecular flexibility index (Phi) is 5.78. The molecule has 1 fully saturated rings. The second-order valence-corrected chi connectivity index (χ2v) is 6.24. The van der Waals surface area contributed by atoms with E-state index in [-0.39, 0.29) is 12.6 Å². The highest BCUT2D eigenvalue weighted by atomic mass is 16.5. The van der Waals surface area contributed by atoms with Crippen molar-refractivity contribution in [2.45, 2.75) is 25.9 Å². The molecule has 2 aromatic heterocycles. The van der Waals surface area contributed by atoms with Crippen molar-refractivity contribution in [3.8, 4) is 5.88 Å². The molecule has 0 aliphatic carbocycles. The van der Waals surface area contributed by atoms with E-state index in [0.717, 1.165) is 43.4 Å². The van der Waals surface area contributed by atoms with Crippen LogP contribution in [0.15, 0.2) is 30.6 Å². The molecule has 0 bridgehead atoms. The number of methoxy groups -OCH3 is 1. The predicted molar refractivity (Wildman–Crippen MR) is 95.7 cm³/mol. The van der Waals surface area contributed by atoms with Crippen molar-refractivity contribution in [1.29, 1.82) is 0 Å². The zero-order valence-corrected chi connectivity index (χ0v) is 14.8. The van der Waals surface area contributed by atoms with E-state index >= 15 is 0 Å². The smallest absolute Gasteiger partial charge is 0.257 e. The van der Waals surface area contributed by atoms with Gasteiger partial charge in [0.05, 0.1) is 12.8 Å². The topological polar surface area (TPSA) is 74.6 Å². The molecule has 0 saturated carbocycles. The van der Waals surface area contributed by atoms with Crippen LogP contribution in [-0.4, -0.2) is 64.4 Å². The van der Waals surface area contributed by atoms with Gasteiger partial charge in [-0.05, 0) is 25.5 Å². The lowest BCUT2D eigenvalue weighted by Gasteiger charge is -2.41. The number of hydrogen-bond acceptors (Lipinski definition) is 7. The molecule has 134 valence electrons. The van der Waals surface area contributed by atoms with Gasteiger partial charge in [-0.3, -0.25) is 9.88 Å². The van der Waals surface area contributed by atoms with Crippen molar-refractivity contribution < 1.29 is 9.84 Å². The van der Waals surface area contributed by atoms with Crippen molar-refractivity contribution in [2.75, 3.05) is 38.3 Å². The summed E-state index contributed by atoms with van der Waals surface area (Å²) < 4.78 is 5.34. The second kappa shape index (κ2) is 8.22. The number of aryl methyl sites for hydroxylation is 1. The van der Waals surface area contributed by atoms with E-state index in [2.05, 4.69) is 30.8 Å². The molecule has 0 amide bonds. The van der Waals surface area contributed by atoms with Crippen molar-refractivity contribution in [2.24, 2.45) is 0 Å². The van der Waals surface area contributed by atoms with Gasteiger partial charge < -0.3 is 14.7 Å². The second-order valence-electron chi connectivity index (χ2n) is 6.24. The molecule has 0 spiro atoms. The monoisotopic (exact) mass is 343 g/mol. The zero-order chi connectivity index (χ0) is 17.6. The van der Waals surface area contributed by atoms with Gasteiger partial charge in [0.25, 0.3) is 5.88 Å². The van der Waals surface area contributed by atoms with Crippen LogP contribution in [0.4, 0.5) is 5.82 Å². The maximum Gasteiger partial charge on any atom is 0.257 e. The van der Waals surface area contributed by atoms with Gasteiger partial charge in [0.1, 0.15) is 0 Å². The molecule has 1 atom stereocenters. The summed E-state index contributed by atoms with van der Waals surface area (Å²) in [5.41, 5.74) is 2.09. The summed E-state index contributed by atoms with van der Waals surface area (Å²) in [5.74, 6) is 1.31. The molecule has 7 nitrogen and oxygen atoms in total. The molecular weight excluding hydrogens is 318 g/mol. The highest BCUT2D eigenvalue weighted by molar-refractivity contribution is 5.48. The number of aliphatic hydroxyl groups excluding tert-OH is 1. The molecule has 1 unspecified atom stereocenters. The number of aromatic nitrogens is 3. The average Bonchev–Trinajstić information content (AvgIpc) is 2.63. The Bertz CT molecular complexity index is 697. The summed E-state index contributed by atoms with van der Waals surface area (Å²) in [4.78, 5) is 17.9. The number of aliphatic hydroxyl groups is 1. The first-order chi connectivity index (χ1) is 12.2. The van der Waals surface area contributed by atoms with Crippen LogP contribution in [0.5, 0.6) is 5.88 Å². The first-order valence-corrected chi connectivity index (χ1v) is 8.58. The van der Waals surface area contributed by atoms with Gasteiger partial charge in [0, 0.05) is 56.9 Å². The minimum Gasteiger partial charge on any atom is -0.478 e. The molecule has 0 radical (unpaired) electrons. The Labute approximate surface area is 148 Å². The third kappa shape index (κ3) is 4.24. The van der Waals surface area contributed by atoms with Crippen LogP contribution in [0.1, 0.15) is 17.8 Å². The van der Waals surface area contributed by atoms with E-state index in [0.29, 0.717) is 12.3 Å². The van der Waals surface area contributed by atoms with E-state index in [1.165, 1.54) is 0 Å². The number of piperazine rings is 1. The largest absolute Gasteiger partial charge is 0.478 e. The normalized spacial score (nSPS) is 18.4. The highest BCUT2D eigenvalue weighted by Gasteiger charge is 2.29. The van der Waals surface area contributed by atoms with Crippen LogP contribution in [0.3, 0.4) is 0 Å². The molecule has 1 aliphatic heterocycles. The van der Waals surface area contributed by atoms with E-state index in [1.54, 1.807) is 19.5 Å². The van der Waals surface area contributed by atoms with Gasteiger partial charge in [-0.2, -0.15) is 0 Å². The molecule has 1 saturated heterocycles. The molecule has 25 heavy (non-hydrogen) atoms. The summed E-state index contributed by atoms with van der Waals surface area (Å²) in [5, 5.41) is 9.49. The van der Waals surface area contributed by atoms with Gasteiger partial charge in [0.2, 0.25) is 0 Å². The number of nitrogens with zero attached hydrogens (tertiary/aromatic N) is 5. The molecule has 0 aromatic carbocycles. The fraction of sp³-hybridized carbons (Fsp3) is 0.500. The van der Waals surface area contributed by atoms with Gasteiger partial charge in [-0.1, -0.05) is 6.07 Å². The van der Waals surface area contributed by atoms with Crippen molar-refractivity contribution in [3.05, 3.63) is 42.0 Å². The summed E-state index contributed by atoms with van der Waals surface area (Å²) in [6, 6.07) is 6.33.